The molecule has 2 heterocycles. The zero-order chi connectivity index (χ0) is 25.6. The van der Waals surface area contributed by atoms with Crippen LogP contribution in [0.25, 0.3) is 22.1 Å². The van der Waals surface area contributed by atoms with Crippen molar-refractivity contribution in [3.05, 3.63) is 94.8 Å². The van der Waals surface area contributed by atoms with E-state index in [1.54, 1.807) is 35.8 Å². The van der Waals surface area contributed by atoms with E-state index in [0.29, 0.717) is 21.0 Å². The number of carbonyl (C=O) groups is 1. The zero-order valence-corrected chi connectivity index (χ0v) is 22.6. The summed E-state index contributed by atoms with van der Waals surface area (Å²) in [5, 5.41) is 9.06. The third-order valence-electron chi connectivity index (χ3n) is 5.99. The van der Waals surface area contributed by atoms with Crippen LogP contribution in [0, 0.1) is 17.4 Å². The van der Waals surface area contributed by atoms with Crippen LogP contribution in [0.15, 0.2) is 53.3 Å². The fourth-order valence-corrected chi connectivity index (χ4v) is 5.70. The normalized spacial score (nSPS) is 11.9. The Hall–Kier alpha value is -3.44. The van der Waals surface area contributed by atoms with Gasteiger partial charge in [-0.15, -0.1) is 0 Å². The molecule has 3 aromatic carbocycles. The molecule has 5 rings (SSSR count). The first-order chi connectivity index (χ1) is 17.2. The Morgan fingerprint density at radius 3 is 2.56 bits per heavy atom. The van der Waals surface area contributed by atoms with Gasteiger partial charge in [-0.1, -0.05) is 23.5 Å². The Bertz CT molecular complexity index is 1760. The van der Waals surface area contributed by atoms with Gasteiger partial charge in [0.05, 0.1) is 31.8 Å². The number of fused-ring (bicyclic) bond motifs is 3. The number of hydrogen-bond acceptors (Lipinski definition) is 6. The number of benzene rings is 3. The lowest BCUT2D eigenvalue weighted by molar-refractivity contribution is 0.0697. The summed E-state index contributed by atoms with van der Waals surface area (Å²) in [4.78, 5) is 29.6. The third kappa shape index (κ3) is 4.44. The summed E-state index contributed by atoms with van der Waals surface area (Å²) in [6.45, 7) is 4.33. The van der Waals surface area contributed by atoms with E-state index in [9.17, 15) is 9.59 Å². The lowest BCUT2D eigenvalue weighted by atomic mass is 10.1. The summed E-state index contributed by atoms with van der Waals surface area (Å²) >= 11 is 3.54. The number of carboxylic acids is 1. The highest BCUT2D eigenvalue weighted by molar-refractivity contribution is 14.1. The number of thiazole rings is 1. The summed E-state index contributed by atoms with van der Waals surface area (Å²) < 4.78 is 14.7. The molecule has 0 aliphatic heterocycles. The quantitative estimate of drug-likeness (QED) is 0.273. The van der Waals surface area contributed by atoms with E-state index in [1.807, 2.05) is 44.2 Å². The van der Waals surface area contributed by atoms with Crippen molar-refractivity contribution < 1.29 is 19.4 Å². The Morgan fingerprint density at radius 1 is 1.14 bits per heavy atom. The lowest BCUT2D eigenvalue weighted by Crippen LogP contribution is -2.22. The molecule has 9 heteroatoms. The minimum absolute atomic E-state index is 0.0973. The molecule has 182 valence electrons. The summed E-state index contributed by atoms with van der Waals surface area (Å²) in [7, 11) is 1.57. The summed E-state index contributed by atoms with van der Waals surface area (Å²) in [6.07, 6.45) is 1.84. The van der Waals surface area contributed by atoms with E-state index < -0.39 is 5.97 Å². The van der Waals surface area contributed by atoms with Crippen molar-refractivity contribution in [2.24, 2.45) is 0 Å². The zero-order valence-electron chi connectivity index (χ0n) is 19.7. The first-order valence-electron chi connectivity index (χ1n) is 11.0. The molecular weight excluding hydrogens is 591 g/mol. The Labute approximate surface area is 223 Å². The molecular formula is C27H21IN2O5S. The maximum absolute atomic E-state index is 13.2. The molecule has 0 saturated heterocycles. The van der Waals surface area contributed by atoms with Crippen LogP contribution in [0.5, 0.6) is 11.5 Å². The van der Waals surface area contributed by atoms with Gasteiger partial charge >= 0.3 is 5.97 Å². The van der Waals surface area contributed by atoms with Gasteiger partial charge in [-0.05, 0) is 101 Å². The van der Waals surface area contributed by atoms with Crippen LogP contribution < -0.4 is 19.6 Å². The van der Waals surface area contributed by atoms with Crippen LogP contribution in [0.1, 0.15) is 32.6 Å². The van der Waals surface area contributed by atoms with Gasteiger partial charge in [0.2, 0.25) is 0 Å². The molecule has 36 heavy (non-hydrogen) atoms. The number of ether oxygens (including phenoxy) is 2. The predicted molar refractivity (Wildman–Crippen MR) is 149 cm³/mol. The smallest absolute Gasteiger partial charge is 0.335 e. The van der Waals surface area contributed by atoms with E-state index in [2.05, 4.69) is 27.6 Å². The standard InChI is InChI=1S/C27H21IN2O5S/c1-14-8-20-21(9-15(14)2)30-25(31)23(36-27(30)29-20)12-17-10-19(28)24(22(11-17)34-3)35-13-16-4-6-18(7-5-16)26(32)33/h4-12H,13H2,1-3H3,(H,32,33)/b23-12-. The van der Waals surface area contributed by atoms with Crippen molar-refractivity contribution in [1.82, 2.24) is 9.38 Å². The molecule has 0 unspecified atom stereocenters. The average molecular weight is 612 g/mol. The molecule has 0 amide bonds. The van der Waals surface area contributed by atoms with E-state index in [-0.39, 0.29) is 17.7 Å². The van der Waals surface area contributed by atoms with Crippen LogP contribution in [0.2, 0.25) is 0 Å². The number of hydrogen-bond donors (Lipinski definition) is 1. The predicted octanol–water partition coefficient (Wildman–Crippen LogP) is 4.96. The Morgan fingerprint density at radius 2 is 1.86 bits per heavy atom. The van der Waals surface area contributed by atoms with Gasteiger partial charge in [0.25, 0.3) is 5.56 Å². The van der Waals surface area contributed by atoms with Crippen LogP contribution in [-0.2, 0) is 6.61 Å². The first-order valence-corrected chi connectivity index (χ1v) is 12.9. The Balaban J connectivity index is 1.48. The van der Waals surface area contributed by atoms with Gasteiger partial charge in [0.1, 0.15) is 6.61 Å². The highest BCUT2D eigenvalue weighted by atomic mass is 127. The van der Waals surface area contributed by atoms with E-state index in [0.717, 1.165) is 36.9 Å². The van der Waals surface area contributed by atoms with E-state index in [1.165, 1.54) is 11.3 Å². The van der Waals surface area contributed by atoms with E-state index >= 15 is 0 Å². The van der Waals surface area contributed by atoms with Crippen molar-refractivity contribution in [1.29, 1.82) is 0 Å². The van der Waals surface area contributed by atoms with Crippen LogP contribution in [-0.4, -0.2) is 27.6 Å². The van der Waals surface area contributed by atoms with Crippen LogP contribution in [0.4, 0.5) is 0 Å². The minimum Gasteiger partial charge on any atom is -0.493 e. The molecule has 5 aromatic rings. The SMILES string of the molecule is COc1cc(/C=c2\sc3nc4cc(C)c(C)cc4n3c2=O)cc(I)c1OCc1ccc(C(=O)O)cc1. The van der Waals surface area contributed by atoms with Crippen molar-refractivity contribution >= 4 is 62.0 Å². The number of nitrogens with zero attached hydrogens (tertiary/aromatic N) is 2. The highest BCUT2D eigenvalue weighted by Gasteiger charge is 2.15. The van der Waals surface area contributed by atoms with Gasteiger partial charge in [-0.25, -0.2) is 14.2 Å². The number of aromatic carboxylic acids is 1. The van der Waals surface area contributed by atoms with Crippen molar-refractivity contribution in [2.75, 3.05) is 7.11 Å². The number of aryl methyl sites for hydroxylation is 2. The number of halogens is 1. The largest absolute Gasteiger partial charge is 0.493 e. The second kappa shape index (κ2) is 9.55. The number of aromatic nitrogens is 2. The summed E-state index contributed by atoms with van der Waals surface area (Å²) in [5.74, 6) is 0.155. The monoisotopic (exact) mass is 612 g/mol. The number of methoxy groups -OCH3 is 1. The third-order valence-corrected chi connectivity index (χ3v) is 7.76. The molecule has 0 saturated carbocycles. The maximum Gasteiger partial charge on any atom is 0.335 e. The second-order valence-corrected chi connectivity index (χ2v) is 10.6. The van der Waals surface area contributed by atoms with Crippen molar-refractivity contribution in [3.63, 3.8) is 0 Å². The molecule has 1 N–H and O–H groups in total. The van der Waals surface area contributed by atoms with Crippen LogP contribution >= 0.6 is 33.9 Å². The molecule has 7 nitrogen and oxygen atoms in total. The topological polar surface area (TPSA) is 90.1 Å². The van der Waals surface area contributed by atoms with Gasteiger partial charge in [-0.2, -0.15) is 0 Å². The van der Waals surface area contributed by atoms with Crippen molar-refractivity contribution in [2.45, 2.75) is 20.5 Å². The molecule has 0 aliphatic carbocycles. The Kier molecular flexibility index (Phi) is 6.44. The van der Waals surface area contributed by atoms with Crippen molar-refractivity contribution in [3.8, 4) is 11.5 Å². The molecule has 0 atom stereocenters. The minimum atomic E-state index is -0.968. The highest BCUT2D eigenvalue weighted by Crippen LogP contribution is 2.35. The molecule has 0 radical (unpaired) electrons. The molecule has 0 fully saturated rings. The van der Waals surface area contributed by atoms with Gasteiger partial charge in [-0.3, -0.25) is 4.79 Å². The number of carboxylic acid groups (broad SMARTS) is 1. The molecule has 2 aromatic heterocycles. The van der Waals surface area contributed by atoms with Gasteiger partial charge < -0.3 is 14.6 Å². The van der Waals surface area contributed by atoms with Gasteiger partial charge in [0, 0.05) is 0 Å². The lowest BCUT2D eigenvalue weighted by Gasteiger charge is -2.14. The average Bonchev–Trinajstić information content (AvgIpc) is 3.34. The first kappa shape index (κ1) is 24.3. The fraction of sp³-hybridized carbons (Fsp3) is 0.148. The van der Waals surface area contributed by atoms with Crippen LogP contribution in [0.3, 0.4) is 0 Å². The summed E-state index contributed by atoms with van der Waals surface area (Å²) in [5.41, 5.74) is 5.69. The molecule has 0 aliphatic rings. The fourth-order valence-electron chi connectivity index (χ4n) is 3.93. The molecule has 0 spiro atoms. The maximum atomic E-state index is 13.2. The van der Waals surface area contributed by atoms with E-state index in [4.69, 9.17) is 14.6 Å². The van der Waals surface area contributed by atoms with Gasteiger partial charge in [0.15, 0.2) is 16.5 Å². The molecule has 0 bridgehead atoms. The number of imidazole rings is 1. The number of rotatable bonds is 6. The second-order valence-electron chi connectivity index (χ2n) is 8.40. The summed E-state index contributed by atoms with van der Waals surface area (Å²) in [6, 6.07) is 14.3.